The van der Waals surface area contributed by atoms with Gasteiger partial charge in [0.1, 0.15) is 0 Å². The Morgan fingerprint density at radius 2 is 2.09 bits per heavy atom. The fourth-order valence-corrected chi connectivity index (χ4v) is 2.85. The van der Waals surface area contributed by atoms with Crippen LogP contribution in [0.2, 0.25) is 0 Å². The van der Waals surface area contributed by atoms with Crippen LogP contribution in [0.1, 0.15) is 10.4 Å². The van der Waals surface area contributed by atoms with Crippen LogP contribution in [-0.4, -0.2) is 22.2 Å². The van der Waals surface area contributed by atoms with Gasteiger partial charge in [-0.15, -0.1) is 11.3 Å². The molecule has 0 aliphatic rings. The molecule has 1 amide bonds. The maximum atomic E-state index is 11.8. The maximum Gasteiger partial charge on any atom is 0.244 e. The third-order valence-electron chi connectivity index (χ3n) is 3.30. The lowest BCUT2D eigenvalue weighted by molar-refractivity contribution is -0.116. The third-order valence-corrected chi connectivity index (χ3v) is 4.24. The van der Waals surface area contributed by atoms with Gasteiger partial charge in [-0.1, -0.05) is 24.3 Å². The fourth-order valence-electron chi connectivity index (χ4n) is 2.14. The highest BCUT2D eigenvalue weighted by Crippen LogP contribution is 2.09. The van der Waals surface area contributed by atoms with E-state index in [1.54, 1.807) is 34.4 Å². The number of nitrogens with one attached hydrogen (secondary N) is 1. The van der Waals surface area contributed by atoms with Gasteiger partial charge in [0.05, 0.1) is 11.9 Å². The number of aromatic nitrogens is 2. The number of para-hydroxylation sites is 1. The molecule has 3 rings (SSSR count). The van der Waals surface area contributed by atoms with E-state index in [4.69, 9.17) is 0 Å². The van der Waals surface area contributed by atoms with Crippen molar-refractivity contribution in [2.75, 3.05) is 6.54 Å². The van der Waals surface area contributed by atoms with Crippen LogP contribution < -0.4 is 5.32 Å². The van der Waals surface area contributed by atoms with E-state index in [0.717, 1.165) is 17.7 Å². The summed E-state index contributed by atoms with van der Waals surface area (Å²) >= 11 is 1.71. The average Bonchev–Trinajstić information content (AvgIpc) is 3.25. The Morgan fingerprint density at radius 1 is 1.22 bits per heavy atom. The maximum absolute atomic E-state index is 11.8. The molecule has 0 atom stereocenters. The molecule has 0 aliphatic carbocycles. The minimum Gasteiger partial charge on any atom is -0.352 e. The van der Waals surface area contributed by atoms with Gasteiger partial charge in [0, 0.05) is 29.3 Å². The van der Waals surface area contributed by atoms with Crippen molar-refractivity contribution in [3.8, 4) is 5.69 Å². The summed E-state index contributed by atoms with van der Waals surface area (Å²) in [6, 6.07) is 14.0. The van der Waals surface area contributed by atoms with Crippen LogP contribution >= 0.6 is 11.3 Å². The SMILES string of the molecule is O=C(/C=C/c1cnn(-c2ccccc2)c1)NCCc1cccs1. The Labute approximate surface area is 139 Å². The molecule has 0 saturated carbocycles. The fraction of sp³-hybridized carbons (Fsp3) is 0.111. The quantitative estimate of drug-likeness (QED) is 0.708. The second-order valence-corrected chi connectivity index (χ2v) is 6.04. The first-order chi connectivity index (χ1) is 11.3. The van der Waals surface area contributed by atoms with Crippen molar-refractivity contribution in [1.29, 1.82) is 0 Å². The third kappa shape index (κ3) is 4.40. The monoisotopic (exact) mass is 323 g/mol. The van der Waals surface area contributed by atoms with Gasteiger partial charge in [-0.25, -0.2) is 4.68 Å². The van der Waals surface area contributed by atoms with Gasteiger partial charge < -0.3 is 5.32 Å². The number of thiophene rings is 1. The summed E-state index contributed by atoms with van der Waals surface area (Å²) in [6.07, 6.45) is 7.81. The number of hydrogen-bond acceptors (Lipinski definition) is 3. The van der Waals surface area contributed by atoms with Gasteiger partial charge in [-0.2, -0.15) is 5.10 Å². The Hall–Kier alpha value is -2.66. The molecule has 0 aliphatic heterocycles. The number of amides is 1. The van der Waals surface area contributed by atoms with Crippen LogP contribution in [0.5, 0.6) is 0 Å². The van der Waals surface area contributed by atoms with E-state index in [0.29, 0.717) is 6.54 Å². The van der Waals surface area contributed by atoms with Gasteiger partial charge in [-0.05, 0) is 36.1 Å². The molecule has 4 nitrogen and oxygen atoms in total. The molecular formula is C18H17N3OS. The van der Waals surface area contributed by atoms with E-state index in [9.17, 15) is 4.79 Å². The zero-order chi connectivity index (χ0) is 15.9. The summed E-state index contributed by atoms with van der Waals surface area (Å²) < 4.78 is 1.79. The first-order valence-electron chi connectivity index (χ1n) is 7.40. The summed E-state index contributed by atoms with van der Waals surface area (Å²) in [7, 11) is 0. The topological polar surface area (TPSA) is 46.9 Å². The van der Waals surface area contributed by atoms with Crippen LogP contribution in [0, 0.1) is 0 Å². The molecule has 0 fully saturated rings. The van der Waals surface area contributed by atoms with E-state index in [1.807, 2.05) is 48.0 Å². The second-order valence-electron chi connectivity index (χ2n) is 5.01. The number of rotatable bonds is 6. The highest BCUT2D eigenvalue weighted by molar-refractivity contribution is 7.09. The molecule has 0 saturated heterocycles. The number of hydrogen-bond donors (Lipinski definition) is 1. The lowest BCUT2D eigenvalue weighted by Gasteiger charge is -2.00. The molecule has 23 heavy (non-hydrogen) atoms. The Kier molecular flexibility index (Phi) is 5.01. The van der Waals surface area contributed by atoms with Gasteiger partial charge in [0.15, 0.2) is 0 Å². The molecule has 0 spiro atoms. The van der Waals surface area contributed by atoms with Crippen molar-refractivity contribution in [2.45, 2.75) is 6.42 Å². The van der Waals surface area contributed by atoms with Crippen LogP contribution in [-0.2, 0) is 11.2 Å². The predicted octanol–water partition coefficient (Wildman–Crippen LogP) is 3.31. The Morgan fingerprint density at radius 3 is 2.87 bits per heavy atom. The van der Waals surface area contributed by atoms with Gasteiger partial charge in [0.2, 0.25) is 5.91 Å². The lowest BCUT2D eigenvalue weighted by atomic mass is 10.3. The van der Waals surface area contributed by atoms with Crippen LogP contribution in [0.3, 0.4) is 0 Å². The summed E-state index contributed by atoms with van der Waals surface area (Å²) in [5, 5.41) is 9.22. The zero-order valence-electron chi connectivity index (χ0n) is 12.6. The van der Waals surface area contributed by atoms with Crippen molar-refractivity contribution in [2.24, 2.45) is 0 Å². The molecule has 0 bridgehead atoms. The first kappa shape index (κ1) is 15.2. The normalized spacial score (nSPS) is 11.0. The van der Waals surface area contributed by atoms with Gasteiger partial charge in [0.25, 0.3) is 0 Å². The molecule has 2 aromatic heterocycles. The summed E-state index contributed by atoms with van der Waals surface area (Å²) in [6.45, 7) is 0.646. The average molecular weight is 323 g/mol. The van der Waals surface area contributed by atoms with E-state index in [1.165, 1.54) is 4.88 Å². The standard InChI is InChI=1S/C18H17N3OS/c22-18(19-11-10-17-7-4-12-23-17)9-8-15-13-20-21(14-15)16-5-2-1-3-6-16/h1-9,12-14H,10-11H2,(H,19,22)/b9-8+. The van der Waals surface area contributed by atoms with E-state index >= 15 is 0 Å². The molecule has 0 unspecified atom stereocenters. The zero-order valence-corrected chi connectivity index (χ0v) is 13.4. The molecule has 3 aromatic rings. The number of nitrogens with zero attached hydrogens (tertiary/aromatic N) is 2. The minimum absolute atomic E-state index is 0.0889. The van der Waals surface area contributed by atoms with Crippen molar-refractivity contribution >= 4 is 23.3 Å². The highest BCUT2D eigenvalue weighted by atomic mass is 32.1. The van der Waals surface area contributed by atoms with E-state index < -0.39 is 0 Å². The molecule has 1 aromatic carbocycles. The smallest absolute Gasteiger partial charge is 0.244 e. The molecular weight excluding hydrogens is 306 g/mol. The molecule has 116 valence electrons. The summed E-state index contributed by atoms with van der Waals surface area (Å²) in [4.78, 5) is 13.1. The van der Waals surface area contributed by atoms with Crippen molar-refractivity contribution in [3.63, 3.8) is 0 Å². The van der Waals surface area contributed by atoms with Crippen LogP contribution in [0.4, 0.5) is 0 Å². The van der Waals surface area contributed by atoms with Gasteiger partial charge >= 0.3 is 0 Å². The minimum atomic E-state index is -0.0889. The second kappa shape index (κ2) is 7.56. The number of benzene rings is 1. The molecule has 5 heteroatoms. The molecule has 2 heterocycles. The Bertz CT molecular complexity index is 776. The summed E-state index contributed by atoms with van der Waals surface area (Å²) in [5.74, 6) is -0.0889. The molecule has 1 N–H and O–H groups in total. The van der Waals surface area contributed by atoms with Crippen molar-refractivity contribution in [3.05, 3.63) is 76.8 Å². The first-order valence-corrected chi connectivity index (χ1v) is 8.27. The highest BCUT2D eigenvalue weighted by Gasteiger charge is 2.00. The Balaban J connectivity index is 1.51. The van der Waals surface area contributed by atoms with Crippen LogP contribution in [0.25, 0.3) is 11.8 Å². The summed E-state index contributed by atoms with van der Waals surface area (Å²) in [5.41, 5.74) is 1.88. The van der Waals surface area contributed by atoms with E-state index in [2.05, 4.69) is 16.5 Å². The lowest BCUT2D eigenvalue weighted by Crippen LogP contribution is -2.23. The molecule has 0 radical (unpaired) electrons. The van der Waals surface area contributed by atoms with Gasteiger partial charge in [-0.3, -0.25) is 4.79 Å². The van der Waals surface area contributed by atoms with E-state index in [-0.39, 0.29) is 5.91 Å². The van der Waals surface area contributed by atoms with Crippen molar-refractivity contribution < 1.29 is 4.79 Å². The van der Waals surface area contributed by atoms with Crippen molar-refractivity contribution in [1.82, 2.24) is 15.1 Å². The number of carbonyl (C=O) groups is 1. The number of carbonyl (C=O) groups excluding carboxylic acids is 1. The van der Waals surface area contributed by atoms with Crippen LogP contribution in [0.15, 0.2) is 66.3 Å². The predicted molar refractivity (Wildman–Crippen MR) is 93.6 cm³/mol. The largest absolute Gasteiger partial charge is 0.352 e.